The van der Waals surface area contributed by atoms with E-state index in [0.29, 0.717) is 18.2 Å². The Kier molecular flexibility index (Phi) is 5.28. The monoisotopic (exact) mass is 327 g/mol. The van der Waals surface area contributed by atoms with Gasteiger partial charge in [-0.1, -0.05) is 18.2 Å². The molecule has 1 saturated heterocycles. The van der Waals surface area contributed by atoms with Gasteiger partial charge in [0.15, 0.2) is 0 Å². The van der Waals surface area contributed by atoms with Crippen LogP contribution in [-0.4, -0.2) is 42.2 Å². The minimum Gasteiger partial charge on any atom is -0.439 e. The Morgan fingerprint density at radius 1 is 1.29 bits per heavy atom. The van der Waals surface area contributed by atoms with Gasteiger partial charge in [0.2, 0.25) is 5.88 Å². The zero-order valence-corrected chi connectivity index (χ0v) is 13.6. The molecule has 2 heterocycles. The number of para-hydroxylation sites is 1. The van der Waals surface area contributed by atoms with E-state index in [1.807, 2.05) is 35.2 Å². The van der Waals surface area contributed by atoms with Crippen molar-refractivity contribution in [1.82, 2.24) is 9.88 Å². The maximum atomic E-state index is 12.4. The third-order valence-electron chi connectivity index (χ3n) is 3.95. The van der Waals surface area contributed by atoms with Gasteiger partial charge in [0, 0.05) is 19.7 Å². The van der Waals surface area contributed by atoms with Gasteiger partial charge in [0.05, 0.1) is 24.5 Å². The number of hydrogen-bond acceptors (Lipinski definition) is 4. The van der Waals surface area contributed by atoms with E-state index >= 15 is 0 Å². The molecule has 1 atom stereocenters. The van der Waals surface area contributed by atoms with Crippen LogP contribution in [0.3, 0.4) is 0 Å². The summed E-state index contributed by atoms with van der Waals surface area (Å²) in [6.07, 6.45) is 3.57. The van der Waals surface area contributed by atoms with Crippen LogP contribution in [0.15, 0.2) is 48.7 Å². The number of aromatic nitrogens is 1. The quantitative estimate of drug-likeness (QED) is 0.912. The van der Waals surface area contributed by atoms with E-state index in [-0.39, 0.29) is 12.1 Å². The van der Waals surface area contributed by atoms with Crippen molar-refractivity contribution in [2.45, 2.75) is 18.9 Å². The minimum absolute atomic E-state index is 0.118. The Bertz CT molecular complexity index is 661. The fourth-order valence-corrected chi connectivity index (χ4v) is 2.79. The normalized spacial score (nSPS) is 16.9. The number of hydrogen-bond donors (Lipinski definition) is 1. The van der Waals surface area contributed by atoms with Crippen LogP contribution in [0, 0.1) is 0 Å². The Hall–Kier alpha value is -2.60. The Labute approximate surface area is 141 Å². The molecule has 6 heteroatoms. The molecule has 0 unspecified atom stereocenters. The first-order valence-electron chi connectivity index (χ1n) is 8.02. The molecule has 0 radical (unpaired) electrons. The number of pyridine rings is 1. The number of methoxy groups -OCH3 is 1. The number of carbonyl (C=O) groups is 1. The van der Waals surface area contributed by atoms with Crippen LogP contribution in [-0.2, 0) is 4.74 Å². The van der Waals surface area contributed by atoms with Crippen LogP contribution in [0.4, 0.5) is 10.5 Å². The second-order valence-corrected chi connectivity index (χ2v) is 5.68. The number of likely N-dealkylation sites (tertiary alicyclic amines) is 1. The molecule has 1 aromatic heterocycles. The highest BCUT2D eigenvalue weighted by molar-refractivity contribution is 5.89. The molecule has 3 rings (SSSR count). The molecule has 24 heavy (non-hydrogen) atoms. The molecule has 1 fully saturated rings. The highest BCUT2D eigenvalue weighted by atomic mass is 16.5. The summed E-state index contributed by atoms with van der Waals surface area (Å²) in [7, 11) is 1.66. The molecule has 126 valence electrons. The summed E-state index contributed by atoms with van der Waals surface area (Å²) in [6.45, 7) is 1.32. The second-order valence-electron chi connectivity index (χ2n) is 5.68. The van der Waals surface area contributed by atoms with E-state index in [4.69, 9.17) is 9.47 Å². The maximum absolute atomic E-state index is 12.4. The fraction of sp³-hybridized carbons (Fsp3) is 0.333. The fourth-order valence-electron chi connectivity index (χ4n) is 2.79. The van der Waals surface area contributed by atoms with Gasteiger partial charge in [-0.15, -0.1) is 0 Å². The largest absolute Gasteiger partial charge is 0.439 e. The molecule has 0 saturated carbocycles. The summed E-state index contributed by atoms with van der Waals surface area (Å²) in [5, 5.41) is 2.88. The average molecular weight is 327 g/mol. The highest BCUT2D eigenvalue weighted by Crippen LogP contribution is 2.21. The Morgan fingerprint density at radius 2 is 2.12 bits per heavy atom. The summed E-state index contributed by atoms with van der Waals surface area (Å²) in [4.78, 5) is 18.4. The van der Waals surface area contributed by atoms with Crippen molar-refractivity contribution < 1.29 is 14.3 Å². The average Bonchev–Trinajstić information content (AvgIpc) is 3.06. The predicted molar refractivity (Wildman–Crippen MR) is 91.4 cm³/mol. The first kappa shape index (κ1) is 16.3. The lowest BCUT2D eigenvalue weighted by molar-refractivity contribution is 0.128. The lowest BCUT2D eigenvalue weighted by atomic mass is 10.2. The second kappa shape index (κ2) is 7.79. The van der Waals surface area contributed by atoms with Crippen molar-refractivity contribution in [2.24, 2.45) is 0 Å². The standard InChI is InChI=1S/C18H21N3O3/c1-23-13-15-6-5-11-21(15)18(22)20-14-9-10-17(19-12-14)24-16-7-3-2-4-8-16/h2-4,7-10,12,15H,5-6,11,13H2,1H3,(H,20,22)/t15-/m0/s1. The molecule has 0 bridgehead atoms. The number of rotatable bonds is 5. The summed E-state index contributed by atoms with van der Waals surface area (Å²) in [6, 6.07) is 13.0. The molecule has 0 spiro atoms. The van der Waals surface area contributed by atoms with Crippen LogP contribution in [0.25, 0.3) is 0 Å². The number of carbonyl (C=O) groups excluding carboxylic acids is 1. The first-order chi connectivity index (χ1) is 11.8. The topological polar surface area (TPSA) is 63.7 Å². The molecular formula is C18H21N3O3. The number of ether oxygens (including phenoxy) is 2. The molecule has 0 aliphatic carbocycles. The SMILES string of the molecule is COC[C@@H]1CCCN1C(=O)Nc1ccc(Oc2ccccc2)nc1. The molecule has 1 N–H and O–H groups in total. The molecule has 1 aromatic carbocycles. The van der Waals surface area contributed by atoms with Crippen LogP contribution >= 0.6 is 0 Å². The lowest BCUT2D eigenvalue weighted by Gasteiger charge is -2.24. The van der Waals surface area contributed by atoms with Gasteiger partial charge in [-0.05, 0) is 31.0 Å². The number of nitrogens with zero attached hydrogens (tertiary/aromatic N) is 2. The van der Waals surface area contributed by atoms with Crippen LogP contribution in [0.1, 0.15) is 12.8 Å². The number of benzene rings is 1. The van der Waals surface area contributed by atoms with Gasteiger partial charge in [-0.3, -0.25) is 0 Å². The molecular weight excluding hydrogens is 306 g/mol. The summed E-state index contributed by atoms with van der Waals surface area (Å²) >= 11 is 0. The van der Waals surface area contributed by atoms with E-state index < -0.39 is 0 Å². The van der Waals surface area contributed by atoms with Crippen LogP contribution in [0.2, 0.25) is 0 Å². The number of urea groups is 1. The number of amides is 2. The van der Waals surface area contributed by atoms with Crippen molar-refractivity contribution in [3.05, 3.63) is 48.7 Å². The summed E-state index contributed by atoms with van der Waals surface area (Å²) in [5.41, 5.74) is 0.642. The summed E-state index contributed by atoms with van der Waals surface area (Å²) < 4.78 is 10.8. The summed E-state index contributed by atoms with van der Waals surface area (Å²) in [5.74, 6) is 1.21. The van der Waals surface area contributed by atoms with Gasteiger partial charge in [0.1, 0.15) is 5.75 Å². The van der Waals surface area contributed by atoms with Gasteiger partial charge < -0.3 is 19.7 Å². The smallest absolute Gasteiger partial charge is 0.322 e. The van der Waals surface area contributed by atoms with Gasteiger partial charge in [0.25, 0.3) is 0 Å². The van der Waals surface area contributed by atoms with Crippen LogP contribution < -0.4 is 10.1 Å². The first-order valence-corrected chi connectivity index (χ1v) is 8.02. The van der Waals surface area contributed by atoms with E-state index in [9.17, 15) is 4.79 Å². The van der Waals surface area contributed by atoms with Gasteiger partial charge in [-0.2, -0.15) is 0 Å². The highest BCUT2D eigenvalue weighted by Gasteiger charge is 2.28. The molecule has 1 aliphatic heterocycles. The van der Waals surface area contributed by atoms with E-state index in [0.717, 1.165) is 25.1 Å². The van der Waals surface area contributed by atoms with Crippen molar-refractivity contribution in [2.75, 3.05) is 25.6 Å². The number of anilines is 1. The Morgan fingerprint density at radius 3 is 2.83 bits per heavy atom. The van der Waals surface area contributed by atoms with E-state index in [2.05, 4.69) is 10.3 Å². The van der Waals surface area contributed by atoms with Crippen LogP contribution in [0.5, 0.6) is 11.6 Å². The molecule has 1 aliphatic rings. The van der Waals surface area contributed by atoms with Crippen molar-refractivity contribution >= 4 is 11.7 Å². The Balaban J connectivity index is 1.58. The molecule has 2 aromatic rings. The maximum Gasteiger partial charge on any atom is 0.322 e. The zero-order valence-electron chi connectivity index (χ0n) is 13.6. The third-order valence-corrected chi connectivity index (χ3v) is 3.95. The molecule has 6 nitrogen and oxygen atoms in total. The third kappa shape index (κ3) is 4.02. The zero-order chi connectivity index (χ0) is 16.8. The minimum atomic E-state index is -0.118. The van der Waals surface area contributed by atoms with Gasteiger partial charge >= 0.3 is 6.03 Å². The van der Waals surface area contributed by atoms with Crippen molar-refractivity contribution in [3.8, 4) is 11.6 Å². The van der Waals surface area contributed by atoms with E-state index in [1.54, 1.807) is 25.4 Å². The lowest BCUT2D eigenvalue weighted by Crippen LogP contribution is -2.40. The van der Waals surface area contributed by atoms with Gasteiger partial charge in [-0.25, -0.2) is 9.78 Å². The predicted octanol–water partition coefficient (Wildman–Crippen LogP) is 3.52. The van der Waals surface area contributed by atoms with Crippen molar-refractivity contribution in [1.29, 1.82) is 0 Å². The molecule has 2 amide bonds. The van der Waals surface area contributed by atoms with Crippen molar-refractivity contribution in [3.63, 3.8) is 0 Å². The van der Waals surface area contributed by atoms with E-state index in [1.165, 1.54) is 0 Å². The number of nitrogens with one attached hydrogen (secondary N) is 1.